The van der Waals surface area contributed by atoms with Crippen LogP contribution in [0.15, 0.2) is 47.4 Å². The molecule has 5 rings (SSSR count). The van der Waals surface area contributed by atoms with Gasteiger partial charge in [-0.2, -0.15) is 0 Å². The van der Waals surface area contributed by atoms with E-state index in [-0.39, 0.29) is 17.3 Å². The van der Waals surface area contributed by atoms with Crippen molar-refractivity contribution >= 4 is 22.4 Å². The molecule has 8 heteroatoms. The summed E-state index contributed by atoms with van der Waals surface area (Å²) in [4.78, 5) is 36.5. The Balaban J connectivity index is 1.23. The van der Waals surface area contributed by atoms with Gasteiger partial charge in [-0.25, -0.2) is 9.37 Å². The molecule has 1 amide bonds. The molecule has 34 heavy (non-hydrogen) atoms. The van der Waals surface area contributed by atoms with Crippen molar-refractivity contribution in [2.75, 3.05) is 38.1 Å². The fourth-order valence-electron chi connectivity index (χ4n) is 5.43. The largest absolute Gasteiger partial charge is 0.368 e. The second-order valence-corrected chi connectivity index (χ2v) is 9.31. The van der Waals surface area contributed by atoms with Gasteiger partial charge in [0.1, 0.15) is 11.5 Å². The highest BCUT2D eigenvalue weighted by Crippen LogP contribution is 2.35. The Bertz CT molecular complexity index is 1230. The Kier molecular flexibility index (Phi) is 6.32. The maximum atomic E-state index is 13.5. The van der Waals surface area contributed by atoms with E-state index >= 15 is 0 Å². The molecule has 1 aliphatic heterocycles. The molecule has 0 bridgehead atoms. The molecule has 178 valence electrons. The molecule has 1 saturated heterocycles. The summed E-state index contributed by atoms with van der Waals surface area (Å²) in [6, 6.07) is 10.7. The summed E-state index contributed by atoms with van der Waals surface area (Å²) in [6.07, 6.45) is 6.15. The molecule has 2 fully saturated rings. The summed E-state index contributed by atoms with van der Waals surface area (Å²) in [5, 5.41) is 3.80. The topological polar surface area (TPSA) is 81.3 Å². The normalized spacial score (nSPS) is 21.5. The first-order valence-corrected chi connectivity index (χ1v) is 12.0. The standard InChI is InChI=1S/C26H30FN5O2/c1-28-26(34)23-8-7-21(16-29-23)32-11-9-31(10-12-32)20-4-2-3-18(13-20)24-14-17-5-6-19(27)15-22(17)25(33)30-24/h5-8,14-16,18,20H,2-4,9-13H2,1H3,(H,28,34)(H,30,33). The van der Waals surface area contributed by atoms with Gasteiger partial charge < -0.3 is 15.2 Å². The second-order valence-electron chi connectivity index (χ2n) is 9.31. The minimum Gasteiger partial charge on any atom is -0.368 e. The number of carbonyl (C=O) groups excluding carboxylic acids is 1. The molecule has 1 saturated carbocycles. The number of hydrogen-bond acceptors (Lipinski definition) is 5. The number of aromatic nitrogens is 2. The van der Waals surface area contributed by atoms with Crippen LogP contribution < -0.4 is 15.8 Å². The first kappa shape index (κ1) is 22.5. The molecule has 3 aromatic rings. The Morgan fingerprint density at radius 1 is 1.12 bits per heavy atom. The first-order chi connectivity index (χ1) is 16.5. The number of pyridine rings is 2. The number of fused-ring (bicyclic) bond motifs is 1. The van der Waals surface area contributed by atoms with Gasteiger partial charge in [-0.05, 0) is 55.0 Å². The van der Waals surface area contributed by atoms with Crippen molar-refractivity contribution in [2.45, 2.75) is 37.6 Å². The van der Waals surface area contributed by atoms with Crippen LogP contribution in [-0.4, -0.2) is 60.0 Å². The number of anilines is 1. The van der Waals surface area contributed by atoms with E-state index < -0.39 is 0 Å². The number of H-pyrrole nitrogens is 1. The van der Waals surface area contributed by atoms with E-state index in [2.05, 4.69) is 25.1 Å². The summed E-state index contributed by atoms with van der Waals surface area (Å²) < 4.78 is 13.5. The van der Waals surface area contributed by atoms with Crippen LogP contribution >= 0.6 is 0 Å². The molecule has 2 aliphatic rings. The van der Waals surface area contributed by atoms with Crippen molar-refractivity contribution in [3.8, 4) is 0 Å². The van der Waals surface area contributed by atoms with Gasteiger partial charge >= 0.3 is 0 Å². The number of carbonyl (C=O) groups is 1. The highest BCUT2D eigenvalue weighted by molar-refractivity contribution is 5.92. The summed E-state index contributed by atoms with van der Waals surface area (Å²) in [5.74, 6) is -0.260. The maximum Gasteiger partial charge on any atom is 0.269 e. The van der Waals surface area contributed by atoms with Crippen molar-refractivity contribution in [1.29, 1.82) is 0 Å². The van der Waals surface area contributed by atoms with E-state index in [1.165, 1.54) is 18.6 Å². The smallest absolute Gasteiger partial charge is 0.269 e. The molecule has 0 spiro atoms. The van der Waals surface area contributed by atoms with E-state index in [4.69, 9.17) is 0 Å². The lowest BCUT2D eigenvalue weighted by Crippen LogP contribution is -2.51. The van der Waals surface area contributed by atoms with Crippen LogP contribution in [0.4, 0.5) is 10.1 Å². The second kappa shape index (κ2) is 9.54. The van der Waals surface area contributed by atoms with Crippen molar-refractivity contribution in [1.82, 2.24) is 20.2 Å². The molecule has 1 aliphatic carbocycles. The maximum absolute atomic E-state index is 13.5. The highest BCUT2D eigenvalue weighted by atomic mass is 19.1. The molecule has 7 nitrogen and oxygen atoms in total. The lowest BCUT2D eigenvalue weighted by Gasteiger charge is -2.43. The molecular formula is C26H30FN5O2. The fourth-order valence-corrected chi connectivity index (χ4v) is 5.43. The zero-order valence-corrected chi connectivity index (χ0v) is 19.4. The van der Waals surface area contributed by atoms with Crippen LogP contribution in [-0.2, 0) is 0 Å². The average Bonchev–Trinajstić information content (AvgIpc) is 2.89. The summed E-state index contributed by atoms with van der Waals surface area (Å²) >= 11 is 0. The third kappa shape index (κ3) is 4.55. The Morgan fingerprint density at radius 2 is 1.94 bits per heavy atom. The lowest BCUT2D eigenvalue weighted by atomic mass is 9.82. The summed E-state index contributed by atoms with van der Waals surface area (Å²) in [5.41, 5.74) is 2.22. The van der Waals surface area contributed by atoms with Gasteiger partial charge in [0.05, 0.1) is 11.9 Å². The van der Waals surface area contributed by atoms with E-state index in [0.717, 1.165) is 62.2 Å². The van der Waals surface area contributed by atoms with Gasteiger partial charge in [-0.1, -0.05) is 12.5 Å². The molecular weight excluding hydrogens is 433 g/mol. The van der Waals surface area contributed by atoms with Crippen LogP contribution in [0.1, 0.15) is 47.8 Å². The van der Waals surface area contributed by atoms with E-state index in [0.29, 0.717) is 23.0 Å². The zero-order valence-electron chi connectivity index (χ0n) is 19.4. The number of amides is 1. The number of piperazine rings is 1. The molecule has 3 heterocycles. The SMILES string of the molecule is CNC(=O)c1ccc(N2CCN(C3CCCC(c4cc5ccc(F)cc5c(=O)[nH]4)C3)CC2)cn1. The average molecular weight is 464 g/mol. The van der Waals surface area contributed by atoms with Crippen LogP contribution in [0.25, 0.3) is 10.8 Å². The van der Waals surface area contributed by atoms with Gasteiger partial charge in [0.2, 0.25) is 0 Å². The predicted molar refractivity (Wildman–Crippen MR) is 131 cm³/mol. The Labute approximate surface area is 198 Å². The molecule has 2 aromatic heterocycles. The molecule has 2 unspecified atom stereocenters. The minimum atomic E-state index is -0.388. The van der Waals surface area contributed by atoms with Crippen molar-refractivity contribution in [2.24, 2.45) is 0 Å². The Morgan fingerprint density at radius 3 is 2.68 bits per heavy atom. The van der Waals surface area contributed by atoms with E-state index in [9.17, 15) is 14.0 Å². The molecule has 2 N–H and O–H groups in total. The van der Waals surface area contributed by atoms with E-state index in [1.54, 1.807) is 25.4 Å². The predicted octanol–water partition coefficient (Wildman–Crippen LogP) is 3.27. The summed E-state index contributed by atoms with van der Waals surface area (Å²) in [6.45, 7) is 3.78. The number of aromatic amines is 1. The van der Waals surface area contributed by atoms with Gasteiger partial charge in [-0.15, -0.1) is 0 Å². The summed E-state index contributed by atoms with van der Waals surface area (Å²) in [7, 11) is 1.60. The van der Waals surface area contributed by atoms with Crippen LogP contribution in [0.3, 0.4) is 0 Å². The van der Waals surface area contributed by atoms with Gasteiger partial charge in [0.15, 0.2) is 0 Å². The number of nitrogens with zero attached hydrogens (tertiary/aromatic N) is 3. The monoisotopic (exact) mass is 463 g/mol. The lowest BCUT2D eigenvalue weighted by molar-refractivity contribution is 0.0958. The van der Waals surface area contributed by atoms with Crippen LogP contribution in [0.5, 0.6) is 0 Å². The number of rotatable bonds is 4. The fraction of sp³-hybridized carbons (Fsp3) is 0.423. The van der Waals surface area contributed by atoms with Gasteiger partial charge in [-0.3, -0.25) is 14.5 Å². The first-order valence-electron chi connectivity index (χ1n) is 12.0. The van der Waals surface area contributed by atoms with Crippen LogP contribution in [0.2, 0.25) is 0 Å². The zero-order chi connectivity index (χ0) is 23.7. The Hall–Kier alpha value is -3.26. The van der Waals surface area contributed by atoms with E-state index in [1.807, 2.05) is 12.1 Å². The molecule has 0 radical (unpaired) electrons. The number of hydrogen-bond donors (Lipinski definition) is 2. The molecule has 2 atom stereocenters. The number of nitrogens with one attached hydrogen (secondary N) is 2. The molecule has 1 aromatic carbocycles. The van der Waals surface area contributed by atoms with Crippen molar-refractivity contribution < 1.29 is 9.18 Å². The highest BCUT2D eigenvalue weighted by Gasteiger charge is 2.30. The minimum absolute atomic E-state index is 0.178. The van der Waals surface area contributed by atoms with Gasteiger partial charge in [0.25, 0.3) is 11.5 Å². The quantitative estimate of drug-likeness (QED) is 0.621. The van der Waals surface area contributed by atoms with Crippen LogP contribution in [0, 0.1) is 5.82 Å². The number of halogens is 1. The number of benzene rings is 1. The third-order valence-corrected chi connectivity index (χ3v) is 7.32. The third-order valence-electron chi connectivity index (χ3n) is 7.32. The van der Waals surface area contributed by atoms with Crippen molar-refractivity contribution in [3.05, 3.63) is 70.2 Å². The van der Waals surface area contributed by atoms with Gasteiger partial charge in [0, 0.05) is 56.3 Å². The van der Waals surface area contributed by atoms with Crippen molar-refractivity contribution in [3.63, 3.8) is 0 Å².